The van der Waals surface area contributed by atoms with Gasteiger partial charge >= 0.3 is 0 Å². The first-order valence-corrected chi connectivity index (χ1v) is 5.79. The Balaban J connectivity index is 2.14. The summed E-state index contributed by atoms with van der Waals surface area (Å²) < 4.78 is 5.51. The summed E-state index contributed by atoms with van der Waals surface area (Å²) in [6.45, 7) is 11.8. The Morgan fingerprint density at radius 3 is 2.86 bits per heavy atom. The lowest BCUT2D eigenvalue weighted by atomic mass is 10.1. The van der Waals surface area contributed by atoms with Gasteiger partial charge in [-0.05, 0) is 20.3 Å². The van der Waals surface area contributed by atoms with Crippen LogP contribution >= 0.6 is 0 Å². The molecule has 2 atom stereocenters. The smallest absolute Gasteiger partial charge is 0.0593 e. The predicted octanol–water partition coefficient (Wildman–Crippen LogP) is 1.10. The van der Waals surface area contributed by atoms with E-state index in [0.717, 1.165) is 39.3 Å². The minimum absolute atomic E-state index is 0.623. The first-order valence-electron chi connectivity index (χ1n) is 5.79. The van der Waals surface area contributed by atoms with Crippen LogP contribution in [0.4, 0.5) is 0 Å². The van der Waals surface area contributed by atoms with Gasteiger partial charge in [-0.25, -0.2) is 0 Å². The first-order chi connectivity index (χ1) is 6.74. The first kappa shape index (κ1) is 12.0. The normalized spacial score (nSPS) is 29.4. The van der Waals surface area contributed by atoms with E-state index in [9.17, 15) is 0 Å². The summed E-state index contributed by atoms with van der Waals surface area (Å²) in [4.78, 5) is 2.51. The Bertz CT molecular complexity index is 152. The highest BCUT2D eigenvalue weighted by Crippen LogP contribution is 2.05. The average molecular weight is 200 g/mol. The summed E-state index contributed by atoms with van der Waals surface area (Å²) in [6, 6.07) is 1.27. The number of hydrogen-bond donors (Lipinski definition) is 1. The molecule has 1 aliphatic rings. The van der Waals surface area contributed by atoms with E-state index in [4.69, 9.17) is 4.74 Å². The molecule has 0 aliphatic carbocycles. The van der Waals surface area contributed by atoms with Gasteiger partial charge in [0.15, 0.2) is 0 Å². The van der Waals surface area contributed by atoms with Crippen molar-refractivity contribution in [3.63, 3.8) is 0 Å². The molecule has 0 radical (unpaired) electrons. The molecule has 3 nitrogen and oxygen atoms in total. The van der Waals surface area contributed by atoms with Crippen molar-refractivity contribution < 1.29 is 4.74 Å². The number of piperazine rings is 1. The van der Waals surface area contributed by atoms with Crippen molar-refractivity contribution >= 4 is 0 Å². The molecule has 1 N–H and O–H groups in total. The van der Waals surface area contributed by atoms with E-state index >= 15 is 0 Å². The molecule has 3 heteroatoms. The molecule has 2 unspecified atom stereocenters. The summed E-state index contributed by atoms with van der Waals surface area (Å²) in [5.41, 5.74) is 0. The topological polar surface area (TPSA) is 24.5 Å². The van der Waals surface area contributed by atoms with E-state index in [1.165, 1.54) is 0 Å². The monoisotopic (exact) mass is 200 g/mol. The molecule has 0 spiro atoms. The van der Waals surface area contributed by atoms with Crippen molar-refractivity contribution in [2.75, 3.05) is 32.8 Å². The molecule has 1 fully saturated rings. The van der Waals surface area contributed by atoms with Crippen molar-refractivity contribution in [3.05, 3.63) is 0 Å². The third kappa shape index (κ3) is 3.95. The van der Waals surface area contributed by atoms with Crippen molar-refractivity contribution in [1.82, 2.24) is 10.2 Å². The van der Waals surface area contributed by atoms with E-state index in [1.54, 1.807) is 0 Å². The minimum atomic E-state index is 0.623. The second-order valence-electron chi connectivity index (χ2n) is 4.27. The van der Waals surface area contributed by atoms with Crippen molar-refractivity contribution in [2.24, 2.45) is 0 Å². The van der Waals surface area contributed by atoms with Gasteiger partial charge in [-0.1, -0.05) is 6.92 Å². The fourth-order valence-corrected chi connectivity index (χ4v) is 1.84. The second-order valence-corrected chi connectivity index (χ2v) is 4.27. The summed E-state index contributed by atoms with van der Waals surface area (Å²) in [6.07, 6.45) is 1.12. The van der Waals surface area contributed by atoms with Crippen LogP contribution < -0.4 is 5.32 Å². The van der Waals surface area contributed by atoms with Gasteiger partial charge in [0, 0.05) is 38.3 Å². The van der Waals surface area contributed by atoms with Crippen LogP contribution in [0.2, 0.25) is 0 Å². The molecule has 0 amide bonds. The fourth-order valence-electron chi connectivity index (χ4n) is 1.84. The van der Waals surface area contributed by atoms with Crippen LogP contribution in [-0.2, 0) is 4.74 Å². The molecule has 84 valence electrons. The van der Waals surface area contributed by atoms with Crippen LogP contribution in [0.15, 0.2) is 0 Å². The molecule has 1 heterocycles. The Morgan fingerprint density at radius 2 is 2.14 bits per heavy atom. The van der Waals surface area contributed by atoms with E-state index in [0.29, 0.717) is 12.1 Å². The zero-order chi connectivity index (χ0) is 10.4. The van der Waals surface area contributed by atoms with Gasteiger partial charge in [0.1, 0.15) is 0 Å². The van der Waals surface area contributed by atoms with Gasteiger partial charge in [0.25, 0.3) is 0 Å². The Hall–Kier alpha value is -0.120. The molecule has 0 aromatic rings. The van der Waals surface area contributed by atoms with Crippen LogP contribution in [0.5, 0.6) is 0 Å². The quantitative estimate of drug-likeness (QED) is 0.673. The fraction of sp³-hybridized carbons (Fsp3) is 1.00. The van der Waals surface area contributed by atoms with Crippen LogP contribution in [0, 0.1) is 0 Å². The SMILES string of the molecule is CCCOCCN1CC(C)NCC1C. The van der Waals surface area contributed by atoms with Crippen LogP contribution in [0.1, 0.15) is 27.2 Å². The minimum Gasteiger partial charge on any atom is -0.380 e. The highest BCUT2D eigenvalue weighted by atomic mass is 16.5. The van der Waals surface area contributed by atoms with Gasteiger partial charge < -0.3 is 10.1 Å². The largest absolute Gasteiger partial charge is 0.380 e. The van der Waals surface area contributed by atoms with Gasteiger partial charge in [-0.15, -0.1) is 0 Å². The third-order valence-electron chi connectivity index (χ3n) is 2.76. The van der Waals surface area contributed by atoms with Crippen molar-refractivity contribution in [3.8, 4) is 0 Å². The highest BCUT2D eigenvalue weighted by molar-refractivity contribution is 4.80. The summed E-state index contributed by atoms with van der Waals surface area (Å²) in [7, 11) is 0. The van der Waals surface area contributed by atoms with Crippen molar-refractivity contribution in [1.29, 1.82) is 0 Å². The predicted molar refractivity (Wildman–Crippen MR) is 59.6 cm³/mol. The second kappa shape index (κ2) is 6.38. The van der Waals surface area contributed by atoms with E-state index in [-0.39, 0.29) is 0 Å². The maximum Gasteiger partial charge on any atom is 0.0593 e. The zero-order valence-electron chi connectivity index (χ0n) is 9.75. The van der Waals surface area contributed by atoms with E-state index in [1.807, 2.05) is 0 Å². The lowest BCUT2D eigenvalue weighted by molar-refractivity contribution is 0.0726. The number of hydrogen-bond acceptors (Lipinski definition) is 3. The standard InChI is InChI=1S/C11H24N2O/c1-4-6-14-7-5-13-9-10(2)12-8-11(13)3/h10-12H,4-9H2,1-3H3. The molecular formula is C11H24N2O. The van der Waals surface area contributed by atoms with Crippen LogP contribution in [-0.4, -0.2) is 49.8 Å². The van der Waals surface area contributed by atoms with E-state index in [2.05, 4.69) is 31.0 Å². The molecule has 14 heavy (non-hydrogen) atoms. The molecule has 1 aliphatic heterocycles. The maximum atomic E-state index is 5.51. The zero-order valence-corrected chi connectivity index (χ0v) is 9.75. The lowest BCUT2D eigenvalue weighted by Gasteiger charge is -2.37. The van der Waals surface area contributed by atoms with Gasteiger partial charge in [0.05, 0.1) is 6.61 Å². The molecule has 0 aromatic carbocycles. The molecule has 0 bridgehead atoms. The average Bonchev–Trinajstić information content (AvgIpc) is 2.18. The number of ether oxygens (including phenoxy) is 1. The lowest BCUT2D eigenvalue weighted by Crippen LogP contribution is -2.54. The number of nitrogens with zero attached hydrogens (tertiary/aromatic N) is 1. The number of rotatable bonds is 5. The van der Waals surface area contributed by atoms with Gasteiger partial charge in [-0.3, -0.25) is 4.90 Å². The van der Waals surface area contributed by atoms with Crippen LogP contribution in [0.3, 0.4) is 0 Å². The molecule has 0 aromatic heterocycles. The maximum absolute atomic E-state index is 5.51. The third-order valence-corrected chi connectivity index (χ3v) is 2.76. The highest BCUT2D eigenvalue weighted by Gasteiger charge is 2.21. The summed E-state index contributed by atoms with van der Waals surface area (Å²) >= 11 is 0. The van der Waals surface area contributed by atoms with Crippen LogP contribution in [0.25, 0.3) is 0 Å². The number of nitrogens with one attached hydrogen (secondary N) is 1. The Labute approximate surface area is 87.8 Å². The molecule has 1 rings (SSSR count). The summed E-state index contributed by atoms with van der Waals surface area (Å²) in [5.74, 6) is 0. The molecule has 0 saturated carbocycles. The van der Waals surface area contributed by atoms with Gasteiger partial charge in [-0.2, -0.15) is 0 Å². The summed E-state index contributed by atoms with van der Waals surface area (Å²) in [5, 5.41) is 3.48. The van der Waals surface area contributed by atoms with Gasteiger partial charge in [0.2, 0.25) is 0 Å². The van der Waals surface area contributed by atoms with E-state index < -0.39 is 0 Å². The Kier molecular flexibility index (Phi) is 5.45. The Morgan fingerprint density at radius 1 is 1.36 bits per heavy atom. The molecular weight excluding hydrogens is 176 g/mol. The molecule has 1 saturated heterocycles. The van der Waals surface area contributed by atoms with Crippen molar-refractivity contribution in [2.45, 2.75) is 39.3 Å².